The molecule has 0 amide bonds. The van der Waals surface area contributed by atoms with Crippen molar-refractivity contribution in [3.05, 3.63) is 107 Å². The Morgan fingerprint density at radius 3 is 1.20 bits per heavy atom. The summed E-state index contributed by atoms with van der Waals surface area (Å²) in [6.07, 6.45) is 17.8. The van der Waals surface area contributed by atoms with E-state index in [-0.39, 0.29) is 0 Å². The molecule has 10 atom stereocenters. The number of aliphatic hydroxyl groups excluding tert-OH is 8. The lowest BCUT2D eigenvalue weighted by Crippen LogP contribution is -2.60. The molecule has 10 N–H and O–H groups in total. The van der Waals surface area contributed by atoms with Gasteiger partial charge in [0, 0.05) is 44.3 Å². The third kappa shape index (κ3) is 14.8. The molecule has 9 rings (SSSR count). The van der Waals surface area contributed by atoms with E-state index in [9.17, 15) is 40.9 Å². The summed E-state index contributed by atoms with van der Waals surface area (Å²) in [6, 6.07) is 22.9. The third-order valence-electron chi connectivity index (χ3n) is 16.5. The Kier molecular flexibility index (Phi) is 22.0. The first-order chi connectivity index (χ1) is 40.0. The van der Waals surface area contributed by atoms with E-state index in [0.29, 0.717) is 11.5 Å². The molecule has 2 aromatic carbocycles. The molecule has 0 unspecified atom stereocenters. The van der Waals surface area contributed by atoms with Crippen molar-refractivity contribution in [2.75, 3.05) is 13.2 Å². The Morgan fingerprint density at radius 2 is 0.744 bits per heavy atom. The molecule has 2 saturated heterocycles. The molecule has 0 spiro atoms. The fourth-order valence-electron chi connectivity index (χ4n) is 11.7. The van der Waals surface area contributed by atoms with Gasteiger partial charge in [-0.2, -0.15) is 0 Å². The summed E-state index contributed by atoms with van der Waals surface area (Å²) in [7, 11) is 0. The van der Waals surface area contributed by atoms with E-state index in [0.717, 1.165) is 117 Å². The van der Waals surface area contributed by atoms with Crippen LogP contribution in [0.15, 0.2) is 72.8 Å². The van der Waals surface area contributed by atoms with Gasteiger partial charge in [-0.3, -0.25) is 0 Å². The van der Waals surface area contributed by atoms with Crippen molar-refractivity contribution in [3.8, 4) is 33.8 Å². The highest BCUT2D eigenvalue weighted by atomic mass is 16.7. The number of ether oxygens (including phenoxy) is 4. The van der Waals surface area contributed by atoms with E-state index in [1.54, 1.807) is 24.3 Å². The number of aryl methyl sites for hydroxylation is 1. The van der Waals surface area contributed by atoms with Crippen LogP contribution in [0.4, 0.5) is 0 Å². The van der Waals surface area contributed by atoms with Gasteiger partial charge in [-0.1, -0.05) is 141 Å². The van der Waals surface area contributed by atoms with E-state index >= 15 is 0 Å². The molecule has 7 heterocycles. The summed E-state index contributed by atoms with van der Waals surface area (Å²) in [5, 5.41) is 83.0. The summed E-state index contributed by atoms with van der Waals surface area (Å²) in [5.74, 6) is 0.656. The Hall–Kier alpha value is -5.76. The van der Waals surface area contributed by atoms with Crippen molar-refractivity contribution in [3.63, 3.8) is 0 Å². The van der Waals surface area contributed by atoms with Crippen LogP contribution in [0.2, 0.25) is 0 Å². The molecule has 4 aliphatic heterocycles. The summed E-state index contributed by atoms with van der Waals surface area (Å²) in [6.45, 7) is 3.35. The minimum Gasteiger partial charge on any atom is -0.462 e. The highest BCUT2D eigenvalue weighted by Crippen LogP contribution is 2.37. The monoisotopic (exact) mass is 1130 g/mol. The number of rotatable bonds is 28. The molecule has 0 saturated carbocycles. The highest BCUT2D eigenvalue weighted by Gasteiger charge is 2.46. The van der Waals surface area contributed by atoms with Crippen LogP contribution in [-0.4, -0.2) is 135 Å². The smallest absolute Gasteiger partial charge is 0.229 e. The molecule has 5 aromatic rings. The SMILES string of the molecule is CCCCCCCCCCCc1c2nc(c(CCCCCCCCCCC)c3ccc([nH]3)c(-c3ccc(O[C@@H]4O[C@H](CO)[C@@H](O)[C@H](O)[C@H]4O)cc3)c3ccc([nH]3)c(-c3ccc(O[C@@H]4O[C@H](CO)[C@@H](O)[C@H](O)[C@H]4O)cc3)c3nc1C=C3)C=C2. The molecule has 3 aromatic heterocycles. The molecule has 0 radical (unpaired) electrons. The van der Waals surface area contributed by atoms with Crippen LogP contribution in [-0.2, 0) is 22.3 Å². The fourth-order valence-corrected chi connectivity index (χ4v) is 11.7. The molecule has 4 aliphatic rings. The standard InChI is InChI=1S/C66H86N4O12/c1-3-5-7-9-11-13-15-17-19-21-45-47-31-32-48(67-47)46(22-20-18-16-14-12-10-8-6-4-2)50-34-36-52(69-50)58(42-25-29-44(30-26-42)80-66-64(78)62(76)60(74)56(40-72)82-66)54-38-37-53(70-54)57(51-35-33-49(45)68-51)41-23-27-43(28-24-41)79-65-63(77)61(75)59(73)55(39-71)81-65/h23-38,55-56,59-66,68,70-78H,3-22,39-40H2,1-2H3/t55-,56-,59-,60-,61+,62+,63-,64-,65-,66-/m1/s1. The first-order valence-corrected chi connectivity index (χ1v) is 30.3. The van der Waals surface area contributed by atoms with Crippen LogP contribution in [0.3, 0.4) is 0 Å². The number of hydrogen-bond donors (Lipinski definition) is 10. The summed E-state index contributed by atoms with van der Waals surface area (Å²) in [5.41, 5.74) is 12.3. The molecular formula is C66H86N4O12. The zero-order chi connectivity index (χ0) is 57.5. The van der Waals surface area contributed by atoms with Gasteiger partial charge in [-0.15, -0.1) is 0 Å². The maximum atomic E-state index is 10.8. The van der Waals surface area contributed by atoms with E-state index in [2.05, 4.69) is 60.3 Å². The lowest BCUT2D eigenvalue weighted by molar-refractivity contribution is -0.277. The molecule has 16 heteroatoms. The van der Waals surface area contributed by atoms with Gasteiger partial charge in [0.15, 0.2) is 0 Å². The van der Waals surface area contributed by atoms with Crippen molar-refractivity contribution in [1.82, 2.24) is 19.9 Å². The van der Waals surface area contributed by atoms with Crippen molar-refractivity contribution in [1.29, 1.82) is 0 Å². The van der Waals surface area contributed by atoms with Crippen LogP contribution < -0.4 is 9.47 Å². The average Bonchev–Trinajstić information content (AvgIpc) is 4.52. The third-order valence-corrected chi connectivity index (χ3v) is 16.5. The molecule has 0 aliphatic carbocycles. The van der Waals surface area contributed by atoms with Crippen LogP contribution in [0.25, 0.3) is 68.6 Å². The normalized spacial score (nSPS) is 23.4. The van der Waals surface area contributed by atoms with Crippen LogP contribution in [0, 0.1) is 0 Å². The minimum atomic E-state index is -1.59. The van der Waals surface area contributed by atoms with Crippen molar-refractivity contribution < 1.29 is 59.8 Å². The van der Waals surface area contributed by atoms with Gasteiger partial charge in [0.05, 0.1) is 36.0 Å². The molecule has 8 bridgehead atoms. The number of nitrogens with zero attached hydrogens (tertiary/aromatic N) is 2. The number of unbranched alkanes of at least 4 members (excludes halogenated alkanes) is 16. The number of benzene rings is 2. The Labute approximate surface area is 481 Å². The van der Waals surface area contributed by atoms with Crippen LogP contribution in [0.5, 0.6) is 11.5 Å². The van der Waals surface area contributed by atoms with Crippen molar-refractivity contribution in [2.24, 2.45) is 0 Å². The van der Waals surface area contributed by atoms with Gasteiger partial charge in [0.2, 0.25) is 12.6 Å². The second kappa shape index (κ2) is 29.7. The fraction of sp³-hybridized carbons (Fsp3) is 0.515. The van der Waals surface area contributed by atoms with Crippen molar-refractivity contribution >= 4 is 46.4 Å². The first kappa shape index (κ1) is 60.8. The lowest BCUT2D eigenvalue weighted by Gasteiger charge is -2.39. The van der Waals surface area contributed by atoms with Crippen LogP contribution in [0.1, 0.15) is 163 Å². The Morgan fingerprint density at radius 1 is 0.390 bits per heavy atom. The summed E-state index contributed by atoms with van der Waals surface area (Å²) >= 11 is 0. The summed E-state index contributed by atoms with van der Waals surface area (Å²) in [4.78, 5) is 18.6. The second-order valence-electron chi connectivity index (χ2n) is 22.5. The number of fused-ring (bicyclic) bond motifs is 8. The molecule has 16 nitrogen and oxygen atoms in total. The number of aromatic nitrogens is 4. The van der Waals surface area contributed by atoms with Gasteiger partial charge in [0.1, 0.15) is 60.3 Å². The highest BCUT2D eigenvalue weighted by molar-refractivity contribution is 5.97. The van der Waals surface area contributed by atoms with Gasteiger partial charge in [0.25, 0.3) is 0 Å². The maximum absolute atomic E-state index is 10.8. The number of H-pyrrole nitrogens is 2. The van der Waals surface area contributed by atoms with Gasteiger partial charge >= 0.3 is 0 Å². The number of aromatic amines is 2. The predicted molar refractivity (Wildman–Crippen MR) is 320 cm³/mol. The number of nitrogens with one attached hydrogen (secondary N) is 2. The van der Waals surface area contributed by atoms with Crippen LogP contribution >= 0.6 is 0 Å². The zero-order valence-corrected chi connectivity index (χ0v) is 47.7. The molecule has 2 fully saturated rings. The Balaban J connectivity index is 1.15. The van der Waals surface area contributed by atoms with Gasteiger partial charge in [-0.25, -0.2) is 9.97 Å². The van der Waals surface area contributed by atoms with Crippen molar-refractivity contribution in [2.45, 2.75) is 204 Å². The topological polar surface area (TPSA) is 256 Å². The van der Waals surface area contributed by atoms with E-state index in [4.69, 9.17) is 28.9 Å². The van der Waals surface area contributed by atoms with Gasteiger partial charge < -0.3 is 69.8 Å². The zero-order valence-electron chi connectivity index (χ0n) is 47.7. The van der Waals surface area contributed by atoms with E-state index < -0.39 is 74.6 Å². The molecule has 82 heavy (non-hydrogen) atoms. The number of hydrogen-bond acceptors (Lipinski definition) is 14. The summed E-state index contributed by atoms with van der Waals surface area (Å²) < 4.78 is 23.4. The second-order valence-corrected chi connectivity index (χ2v) is 22.5. The minimum absolute atomic E-state index is 0.325. The quantitative estimate of drug-likeness (QED) is 0.0205. The first-order valence-electron chi connectivity index (χ1n) is 30.3. The lowest BCUT2D eigenvalue weighted by atomic mass is 9.99. The van der Waals surface area contributed by atoms with E-state index in [1.807, 2.05) is 36.4 Å². The van der Waals surface area contributed by atoms with E-state index in [1.165, 1.54) is 89.9 Å². The predicted octanol–water partition coefficient (Wildman–Crippen LogP) is 10.5. The number of aliphatic hydroxyl groups is 8. The maximum Gasteiger partial charge on any atom is 0.229 e. The van der Waals surface area contributed by atoms with Gasteiger partial charge in [-0.05, 0) is 110 Å². The molecular weight excluding hydrogens is 1040 g/mol. The Bertz CT molecular complexity index is 3060. The average molecular weight is 1130 g/mol. The largest absolute Gasteiger partial charge is 0.462 e. The molecule has 442 valence electrons.